The van der Waals surface area contributed by atoms with Gasteiger partial charge < -0.3 is 10.6 Å². The molecule has 20 heavy (non-hydrogen) atoms. The first-order valence-corrected chi connectivity index (χ1v) is 6.81. The molecule has 0 saturated heterocycles. The molecule has 0 radical (unpaired) electrons. The van der Waals surface area contributed by atoms with E-state index < -0.39 is 0 Å². The summed E-state index contributed by atoms with van der Waals surface area (Å²) in [5.41, 5.74) is 12.5. The number of aryl methyl sites for hydroxylation is 1. The van der Waals surface area contributed by atoms with Crippen LogP contribution >= 0.6 is 0 Å². The average molecular weight is 263 g/mol. The van der Waals surface area contributed by atoms with Crippen LogP contribution < -0.4 is 10.6 Å². The molecule has 0 amide bonds. The SMILES string of the molecule is Cc1cc(N2CCc3c(N)cccc3C2)ccc1C#N. The maximum Gasteiger partial charge on any atom is 0.0994 e. The minimum absolute atomic E-state index is 0.746. The molecule has 2 N–H and O–H groups in total. The van der Waals surface area contributed by atoms with Crippen LogP contribution in [0.15, 0.2) is 36.4 Å². The number of rotatable bonds is 1. The lowest BCUT2D eigenvalue weighted by Gasteiger charge is -2.31. The molecule has 2 aromatic rings. The fraction of sp³-hybridized carbons (Fsp3) is 0.235. The van der Waals surface area contributed by atoms with Crippen LogP contribution in [-0.2, 0) is 13.0 Å². The van der Waals surface area contributed by atoms with Gasteiger partial charge in [0.2, 0.25) is 0 Å². The Morgan fingerprint density at radius 3 is 2.85 bits per heavy atom. The number of nitrogens with two attached hydrogens (primary N) is 1. The minimum Gasteiger partial charge on any atom is -0.398 e. The molecule has 2 aromatic carbocycles. The van der Waals surface area contributed by atoms with Crippen molar-refractivity contribution in [2.45, 2.75) is 19.9 Å². The summed E-state index contributed by atoms with van der Waals surface area (Å²) in [5.74, 6) is 0. The molecule has 1 heterocycles. The number of nitriles is 1. The Bertz CT molecular complexity index is 698. The van der Waals surface area contributed by atoms with Gasteiger partial charge in [0, 0.05) is 24.5 Å². The van der Waals surface area contributed by atoms with E-state index in [1.807, 2.05) is 31.2 Å². The largest absolute Gasteiger partial charge is 0.398 e. The number of benzene rings is 2. The van der Waals surface area contributed by atoms with Crippen LogP contribution in [0.2, 0.25) is 0 Å². The van der Waals surface area contributed by atoms with Crippen molar-refractivity contribution in [3.8, 4) is 6.07 Å². The summed E-state index contributed by atoms with van der Waals surface area (Å²) in [6.45, 7) is 3.83. The van der Waals surface area contributed by atoms with Gasteiger partial charge in [-0.25, -0.2) is 0 Å². The van der Waals surface area contributed by atoms with E-state index in [-0.39, 0.29) is 0 Å². The van der Waals surface area contributed by atoms with Crippen LogP contribution in [-0.4, -0.2) is 6.54 Å². The maximum atomic E-state index is 9.00. The zero-order chi connectivity index (χ0) is 14.1. The van der Waals surface area contributed by atoms with Crippen molar-refractivity contribution < 1.29 is 0 Å². The molecule has 0 atom stereocenters. The van der Waals surface area contributed by atoms with Gasteiger partial charge in [0.05, 0.1) is 11.6 Å². The quantitative estimate of drug-likeness (QED) is 0.805. The Hall–Kier alpha value is -2.47. The number of anilines is 2. The summed E-state index contributed by atoms with van der Waals surface area (Å²) in [5, 5.41) is 9.00. The van der Waals surface area contributed by atoms with Crippen LogP contribution in [0.4, 0.5) is 11.4 Å². The van der Waals surface area contributed by atoms with Crippen LogP contribution in [0, 0.1) is 18.3 Å². The molecular weight excluding hydrogens is 246 g/mol. The van der Waals surface area contributed by atoms with E-state index in [1.54, 1.807) is 0 Å². The lowest BCUT2D eigenvalue weighted by Crippen LogP contribution is -2.30. The van der Waals surface area contributed by atoms with Crippen molar-refractivity contribution >= 4 is 11.4 Å². The van der Waals surface area contributed by atoms with E-state index in [1.165, 1.54) is 16.8 Å². The first-order chi connectivity index (χ1) is 9.69. The maximum absolute atomic E-state index is 9.00. The number of nitrogens with zero attached hydrogens (tertiary/aromatic N) is 2. The Morgan fingerprint density at radius 1 is 1.25 bits per heavy atom. The van der Waals surface area contributed by atoms with Crippen LogP contribution in [0.5, 0.6) is 0 Å². The van der Waals surface area contributed by atoms with E-state index in [9.17, 15) is 0 Å². The molecule has 1 aliphatic heterocycles. The normalized spacial score (nSPS) is 13.7. The molecule has 0 bridgehead atoms. The van der Waals surface area contributed by atoms with E-state index in [4.69, 9.17) is 11.0 Å². The van der Waals surface area contributed by atoms with Gasteiger partial charge >= 0.3 is 0 Å². The molecule has 0 saturated carbocycles. The summed E-state index contributed by atoms with van der Waals surface area (Å²) in [6.07, 6.45) is 0.973. The smallest absolute Gasteiger partial charge is 0.0994 e. The second-order valence-electron chi connectivity index (χ2n) is 5.27. The molecule has 3 heteroatoms. The van der Waals surface area contributed by atoms with E-state index in [0.717, 1.165) is 36.3 Å². The number of fused-ring (bicyclic) bond motifs is 1. The molecule has 0 aliphatic carbocycles. The topological polar surface area (TPSA) is 53.0 Å². The highest BCUT2D eigenvalue weighted by atomic mass is 15.1. The lowest BCUT2D eigenvalue weighted by molar-refractivity contribution is 0.733. The fourth-order valence-electron chi connectivity index (χ4n) is 2.83. The Kier molecular flexibility index (Phi) is 3.08. The van der Waals surface area contributed by atoms with Crippen molar-refractivity contribution in [3.63, 3.8) is 0 Å². The van der Waals surface area contributed by atoms with Crippen molar-refractivity contribution in [1.82, 2.24) is 0 Å². The van der Waals surface area contributed by atoms with E-state index in [0.29, 0.717) is 0 Å². The second-order valence-corrected chi connectivity index (χ2v) is 5.27. The van der Waals surface area contributed by atoms with Gasteiger partial charge in [-0.2, -0.15) is 5.26 Å². The molecule has 0 unspecified atom stereocenters. The van der Waals surface area contributed by atoms with Gasteiger partial charge in [0.25, 0.3) is 0 Å². The molecule has 1 aliphatic rings. The summed E-state index contributed by atoms with van der Waals surface area (Å²) in [7, 11) is 0. The van der Waals surface area contributed by atoms with Gasteiger partial charge in [-0.1, -0.05) is 12.1 Å². The Balaban J connectivity index is 1.91. The third-order valence-electron chi connectivity index (χ3n) is 4.00. The highest BCUT2D eigenvalue weighted by molar-refractivity contribution is 5.58. The third-order valence-corrected chi connectivity index (χ3v) is 4.00. The highest BCUT2D eigenvalue weighted by Crippen LogP contribution is 2.28. The molecule has 3 rings (SSSR count). The third kappa shape index (κ3) is 2.10. The second kappa shape index (κ2) is 4.90. The zero-order valence-corrected chi connectivity index (χ0v) is 11.6. The molecule has 0 fully saturated rings. The highest BCUT2D eigenvalue weighted by Gasteiger charge is 2.18. The van der Waals surface area contributed by atoms with Gasteiger partial charge in [0.1, 0.15) is 0 Å². The standard InChI is InChI=1S/C17H17N3/c1-12-9-15(6-5-13(12)10-18)20-8-7-16-14(11-20)3-2-4-17(16)19/h2-6,9H,7-8,11,19H2,1H3. The monoisotopic (exact) mass is 263 g/mol. The van der Waals surface area contributed by atoms with Crippen LogP contribution in [0.3, 0.4) is 0 Å². The summed E-state index contributed by atoms with van der Waals surface area (Å²) >= 11 is 0. The van der Waals surface area contributed by atoms with Gasteiger partial charge in [0.15, 0.2) is 0 Å². The Morgan fingerprint density at radius 2 is 2.10 bits per heavy atom. The van der Waals surface area contributed by atoms with Crippen molar-refractivity contribution in [1.29, 1.82) is 5.26 Å². The lowest BCUT2D eigenvalue weighted by atomic mass is 9.97. The molecule has 3 nitrogen and oxygen atoms in total. The fourth-order valence-corrected chi connectivity index (χ4v) is 2.83. The average Bonchev–Trinajstić information content (AvgIpc) is 2.47. The minimum atomic E-state index is 0.746. The Labute approximate surface area is 119 Å². The van der Waals surface area contributed by atoms with Crippen molar-refractivity contribution in [2.24, 2.45) is 0 Å². The molecule has 0 aromatic heterocycles. The van der Waals surface area contributed by atoms with Gasteiger partial charge in [-0.3, -0.25) is 0 Å². The molecule has 100 valence electrons. The predicted octanol–water partition coefficient (Wildman–Crippen LogP) is 3.01. The number of hydrogen-bond donors (Lipinski definition) is 1. The summed E-state index contributed by atoms with van der Waals surface area (Å²) in [6, 6.07) is 14.4. The number of hydrogen-bond acceptors (Lipinski definition) is 3. The first kappa shape index (κ1) is 12.6. The number of nitrogen functional groups attached to an aromatic ring is 1. The van der Waals surface area contributed by atoms with Gasteiger partial charge in [-0.15, -0.1) is 0 Å². The first-order valence-electron chi connectivity index (χ1n) is 6.81. The van der Waals surface area contributed by atoms with E-state index >= 15 is 0 Å². The predicted molar refractivity (Wildman–Crippen MR) is 81.5 cm³/mol. The molecule has 0 spiro atoms. The van der Waals surface area contributed by atoms with Crippen LogP contribution in [0.1, 0.15) is 22.3 Å². The summed E-state index contributed by atoms with van der Waals surface area (Å²) in [4.78, 5) is 2.34. The molecular formula is C17H17N3. The summed E-state index contributed by atoms with van der Waals surface area (Å²) < 4.78 is 0. The van der Waals surface area contributed by atoms with Crippen molar-refractivity contribution in [3.05, 3.63) is 58.7 Å². The van der Waals surface area contributed by atoms with Gasteiger partial charge in [-0.05, 0) is 54.3 Å². The van der Waals surface area contributed by atoms with Crippen LogP contribution in [0.25, 0.3) is 0 Å². The van der Waals surface area contributed by atoms with E-state index in [2.05, 4.69) is 23.1 Å². The van der Waals surface area contributed by atoms with Crippen molar-refractivity contribution in [2.75, 3.05) is 17.2 Å². The zero-order valence-electron chi connectivity index (χ0n) is 11.6.